The second-order valence-corrected chi connectivity index (χ2v) is 5.37. The third-order valence-corrected chi connectivity index (χ3v) is 4.29. The molecule has 0 heterocycles. The van der Waals surface area contributed by atoms with E-state index in [1.54, 1.807) is 7.11 Å². The highest BCUT2D eigenvalue weighted by Gasteiger charge is 2.36. The van der Waals surface area contributed by atoms with Gasteiger partial charge in [0.2, 0.25) is 0 Å². The maximum atomic E-state index is 6.68. The van der Waals surface area contributed by atoms with E-state index in [9.17, 15) is 0 Å². The Balaban J connectivity index is 2.38. The van der Waals surface area contributed by atoms with Crippen LogP contribution in [0.1, 0.15) is 43.7 Å². The quantitative estimate of drug-likeness (QED) is 0.850. The monoisotopic (exact) mass is 233 g/mol. The van der Waals surface area contributed by atoms with Gasteiger partial charge in [-0.2, -0.15) is 0 Å². The summed E-state index contributed by atoms with van der Waals surface area (Å²) >= 11 is 0. The van der Waals surface area contributed by atoms with Crippen molar-refractivity contribution in [3.05, 3.63) is 29.3 Å². The topological polar surface area (TPSA) is 35.2 Å². The summed E-state index contributed by atoms with van der Waals surface area (Å²) < 4.78 is 5.26. The molecule has 2 heteroatoms. The number of methoxy groups -OCH3 is 1. The van der Waals surface area contributed by atoms with E-state index < -0.39 is 0 Å². The molecule has 0 amide bonds. The van der Waals surface area contributed by atoms with Crippen LogP contribution in [0.4, 0.5) is 0 Å². The summed E-state index contributed by atoms with van der Waals surface area (Å²) in [7, 11) is 1.70. The van der Waals surface area contributed by atoms with Crippen molar-refractivity contribution in [2.24, 2.45) is 11.7 Å². The zero-order valence-electron chi connectivity index (χ0n) is 11.1. The van der Waals surface area contributed by atoms with E-state index in [1.807, 2.05) is 6.07 Å². The third-order valence-electron chi connectivity index (χ3n) is 4.29. The van der Waals surface area contributed by atoms with Crippen molar-refractivity contribution in [3.8, 4) is 5.75 Å². The smallest absolute Gasteiger partial charge is 0.119 e. The van der Waals surface area contributed by atoms with Crippen molar-refractivity contribution in [1.82, 2.24) is 0 Å². The zero-order valence-corrected chi connectivity index (χ0v) is 11.1. The lowest BCUT2D eigenvalue weighted by Gasteiger charge is -2.41. The summed E-state index contributed by atoms with van der Waals surface area (Å²) in [5.74, 6) is 1.47. The standard InChI is InChI=1S/C15H23NO/c1-11-10-13(17-3)7-8-14(11)15(16)9-5-4-6-12(15)2/h7-8,10,12H,4-6,9,16H2,1-3H3. The van der Waals surface area contributed by atoms with Crippen LogP contribution in [-0.2, 0) is 5.54 Å². The number of aryl methyl sites for hydroxylation is 1. The van der Waals surface area contributed by atoms with Gasteiger partial charge in [-0.05, 0) is 48.9 Å². The Bertz CT molecular complexity index is 402. The molecule has 0 spiro atoms. The van der Waals surface area contributed by atoms with Crippen molar-refractivity contribution >= 4 is 0 Å². The molecule has 0 aliphatic heterocycles. The molecule has 0 radical (unpaired) electrons. The molecule has 0 bridgehead atoms. The van der Waals surface area contributed by atoms with Crippen molar-refractivity contribution < 1.29 is 4.74 Å². The van der Waals surface area contributed by atoms with E-state index in [1.165, 1.54) is 30.4 Å². The maximum Gasteiger partial charge on any atom is 0.119 e. The van der Waals surface area contributed by atoms with E-state index in [2.05, 4.69) is 26.0 Å². The van der Waals surface area contributed by atoms with Crippen LogP contribution < -0.4 is 10.5 Å². The van der Waals surface area contributed by atoms with E-state index in [0.717, 1.165) is 12.2 Å². The molecule has 2 rings (SSSR count). The molecule has 1 aromatic rings. The van der Waals surface area contributed by atoms with Gasteiger partial charge in [-0.15, -0.1) is 0 Å². The normalized spacial score (nSPS) is 29.1. The fraction of sp³-hybridized carbons (Fsp3) is 0.600. The van der Waals surface area contributed by atoms with E-state index in [0.29, 0.717) is 5.92 Å². The SMILES string of the molecule is COc1ccc(C2(N)CCCCC2C)c(C)c1. The predicted molar refractivity (Wildman–Crippen MR) is 71.2 cm³/mol. The molecule has 1 aromatic carbocycles. The van der Waals surface area contributed by atoms with Crippen LogP contribution in [0.2, 0.25) is 0 Å². The van der Waals surface area contributed by atoms with Crippen LogP contribution in [0, 0.1) is 12.8 Å². The van der Waals surface area contributed by atoms with Crippen LogP contribution in [0.25, 0.3) is 0 Å². The number of hydrogen-bond acceptors (Lipinski definition) is 2. The number of nitrogens with two attached hydrogens (primary N) is 1. The lowest BCUT2D eigenvalue weighted by molar-refractivity contribution is 0.206. The first-order chi connectivity index (χ1) is 8.08. The van der Waals surface area contributed by atoms with Gasteiger partial charge in [0.25, 0.3) is 0 Å². The minimum atomic E-state index is -0.144. The Morgan fingerprint density at radius 1 is 1.35 bits per heavy atom. The number of hydrogen-bond donors (Lipinski definition) is 1. The highest BCUT2D eigenvalue weighted by atomic mass is 16.5. The highest BCUT2D eigenvalue weighted by Crippen LogP contribution is 2.41. The van der Waals surface area contributed by atoms with Gasteiger partial charge in [0.05, 0.1) is 7.11 Å². The lowest BCUT2D eigenvalue weighted by atomic mass is 9.69. The lowest BCUT2D eigenvalue weighted by Crippen LogP contribution is -2.45. The summed E-state index contributed by atoms with van der Waals surface area (Å²) in [6.07, 6.45) is 4.89. The summed E-state index contributed by atoms with van der Waals surface area (Å²) in [5, 5.41) is 0. The van der Waals surface area contributed by atoms with E-state index >= 15 is 0 Å². The molecule has 2 unspecified atom stereocenters. The van der Waals surface area contributed by atoms with Crippen LogP contribution in [0.15, 0.2) is 18.2 Å². The molecule has 17 heavy (non-hydrogen) atoms. The van der Waals surface area contributed by atoms with Crippen molar-refractivity contribution in [3.63, 3.8) is 0 Å². The van der Waals surface area contributed by atoms with Gasteiger partial charge in [-0.25, -0.2) is 0 Å². The molecule has 1 saturated carbocycles. The Morgan fingerprint density at radius 3 is 2.71 bits per heavy atom. The van der Waals surface area contributed by atoms with Crippen LogP contribution in [0.5, 0.6) is 5.75 Å². The number of rotatable bonds is 2. The Kier molecular flexibility index (Phi) is 3.43. The van der Waals surface area contributed by atoms with E-state index in [4.69, 9.17) is 10.5 Å². The molecule has 1 fully saturated rings. The Morgan fingerprint density at radius 2 is 2.12 bits per heavy atom. The van der Waals surface area contributed by atoms with Crippen molar-refractivity contribution in [2.75, 3.05) is 7.11 Å². The minimum Gasteiger partial charge on any atom is -0.497 e. The molecule has 2 nitrogen and oxygen atoms in total. The van der Waals surface area contributed by atoms with E-state index in [-0.39, 0.29) is 5.54 Å². The van der Waals surface area contributed by atoms with Gasteiger partial charge in [0.15, 0.2) is 0 Å². The van der Waals surface area contributed by atoms with Gasteiger partial charge in [0.1, 0.15) is 5.75 Å². The third kappa shape index (κ3) is 2.19. The van der Waals surface area contributed by atoms with Crippen molar-refractivity contribution in [1.29, 1.82) is 0 Å². The van der Waals surface area contributed by atoms with Gasteiger partial charge >= 0.3 is 0 Å². The van der Waals surface area contributed by atoms with Crippen LogP contribution in [0.3, 0.4) is 0 Å². The number of ether oxygens (including phenoxy) is 1. The van der Waals surface area contributed by atoms with Gasteiger partial charge in [0, 0.05) is 5.54 Å². The average Bonchev–Trinajstić information content (AvgIpc) is 2.32. The molecule has 2 atom stereocenters. The summed E-state index contributed by atoms with van der Waals surface area (Å²) in [6.45, 7) is 4.41. The summed E-state index contributed by atoms with van der Waals surface area (Å²) in [4.78, 5) is 0. The fourth-order valence-electron chi connectivity index (χ4n) is 3.06. The molecule has 2 N–H and O–H groups in total. The molecule has 1 aliphatic rings. The van der Waals surface area contributed by atoms with Crippen LogP contribution >= 0.6 is 0 Å². The minimum absolute atomic E-state index is 0.144. The zero-order chi connectivity index (χ0) is 12.5. The van der Waals surface area contributed by atoms with Gasteiger partial charge in [-0.3, -0.25) is 0 Å². The Hall–Kier alpha value is -1.02. The summed E-state index contributed by atoms with van der Waals surface area (Å²) in [6, 6.07) is 6.26. The molecule has 0 saturated heterocycles. The largest absolute Gasteiger partial charge is 0.497 e. The first kappa shape index (κ1) is 12.4. The Labute approximate surface area is 104 Å². The molecular formula is C15H23NO. The van der Waals surface area contributed by atoms with Gasteiger partial charge < -0.3 is 10.5 Å². The second-order valence-electron chi connectivity index (χ2n) is 5.37. The first-order valence-corrected chi connectivity index (χ1v) is 6.52. The molecule has 94 valence electrons. The molecular weight excluding hydrogens is 210 g/mol. The first-order valence-electron chi connectivity index (χ1n) is 6.52. The summed E-state index contributed by atoms with van der Waals surface area (Å²) in [5.41, 5.74) is 9.08. The fourth-order valence-corrected chi connectivity index (χ4v) is 3.06. The maximum absolute atomic E-state index is 6.68. The average molecular weight is 233 g/mol. The van der Waals surface area contributed by atoms with Crippen molar-refractivity contribution in [2.45, 2.75) is 45.1 Å². The van der Waals surface area contributed by atoms with Gasteiger partial charge in [-0.1, -0.05) is 25.8 Å². The number of benzene rings is 1. The second kappa shape index (κ2) is 4.69. The predicted octanol–water partition coefficient (Wildman–Crippen LogP) is 3.37. The molecule has 0 aromatic heterocycles. The molecule has 1 aliphatic carbocycles. The van der Waals surface area contributed by atoms with Crippen LogP contribution in [-0.4, -0.2) is 7.11 Å². The highest BCUT2D eigenvalue weighted by molar-refractivity contribution is 5.39.